The predicted octanol–water partition coefficient (Wildman–Crippen LogP) is 1.72. The number of piperazine rings is 1. The molecule has 0 amide bonds. The van der Waals surface area contributed by atoms with Gasteiger partial charge in [0.15, 0.2) is 11.5 Å². The van der Waals surface area contributed by atoms with Crippen LogP contribution in [-0.4, -0.2) is 44.5 Å². The first-order valence-electron chi connectivity index (χ1n) is 8.65. The number of benzene rings is 2. The molecule has 4 rings (SSSR count). The number of ether oxygens (including phenoxy) is 2. The van der Waals surface area contributed by atoms with E-state index >= 15 is 0 Å². The lowest BCUT2D eigenvalue weighted by atomic mass is 10.1. The first-order valence-corrected chi connectivity index (χ1v) is 9.03. The molecule has 0 unspecified atom stereocenters. The van der Waals surface area contributed by atoms with E-state index in [2.05, 4.69) is 4.90 Å². The van der Waals surface area contributed by atoms with Gasteiger partial charge in [0.25, 0.3) is 0 Å². The van der Waals surface area contributed by atoms with Crippen LogP contribution in [0, 0.1) is 0 Å². The van der Waals surface area contributed by atoms with E-state index in [1.807, 2.05) is 30.3 Å². The number of hydrogen-bond acceptors (Lipinski definition) is 4. The number of rotatable bonds is 3. The van der Waals surface area contributed by atoms with Gasteiger partial charge in [0, 0.05) is 5.56 Å². The van der Waals surface area contributed by atoms with Gasteiger partial charge in [-0.25, -0.2) is 0 Å². The maximum Gasteiger partial charge on any atom is 0.179 e. The summed E-state index contributed by atoms with van der Waals surface area (Å²) in [6.45, 7) is 5.90. The highest BCUT2D eigenvalue weighted by molar-refractivity contribution is 6.32. The first kappa shape index (κ1) is 16.4. The molecule has 0 spiro atoms. The zero-order valence-electron chi connectivity index (χ0n) is 14.0. The molecular weight excluding hydrogens is 340 g/mol. The fourth-order valence-corrected chi connectivity index (χ4v) is 3.82. The highest BCUT2D eigenvalue weighted by Gasteiger charge is 2.23. The molecule has 0 aromatic heterocycles. The molecule has 6 heteroatoms. The fraction of sp³-hybridized carbons (Fsp3) is 0.368. The second-order valence-corrected chi connectivity index (χ2v) is 6.91. The molecule has 1 saturated heterocycles. The van der Waals surface area contributed by atoms with Gasteiger partial charge in [-0.1, -0.05) is 23.7 Å². The van der Waals surface area contributed by atoms with Gasteiger partial charge >= 0.3 is 0 Å². The average molecular weight is 362 g/mol. The molecule has 0 saturated carbocycles. The van der Waals surface area contributed by atoms with Gasteiger partial charge in [-0.05, 0) is 24.3 Å². The van der Waals surface area contributed by atoms with E-state index in [0.29, 0.717) is 29.7 Å². The number of nitrogens with one attached hydrogen (secondary N) is 1. The Balaban J connectivity index is 1.41. The van der Waals surface area contributed by atoms with Crippen LogP contribution < -0.4 is 19.3 Å². The summed E-state index contributed by atoms with van der Waals surface area (Å²) in [4.78, 5) is 3.75. The third kappa shape index (κ3) is 3.48. The maximum atomic E-state index is 10.0. The largest absolute Gasteiger partial charge is 0.506 e. The molecule has 0 aliphatic carbocycles. The minimum atomic E-state index is 0.351. The number of quaternary nitrogens is 1. The van der Waals surface area contributed by atoms with Crippen molar-refractivity contribution in [2.75, 3.05) is 44.3 Å². The van der Waals surface area contributed by atoms with Crippen molar-refractivity contribution in [3.63, 3.8) is 0 Å². The molecule has 0 bridgehead atoms. The lowest BCUT2D eigenvalue weighted by Crippen LogP contribution is -3.13. The Hall–Kier alpha value is -2.11. The molecule has 0 radical (unpaired) electrons. The zero-order valence-corrected chi connectivity index (χ0v) is 14.8. The van der Waals surface area contributed by atoms with Gasteiger partial charge in [-0.3, -0.25) is 0 Å². The van der Waals surface area contributed by atoms with Crippen LogP contribution in [0.5, 0.6) is 17.2 Å². The molecule has 0 atom stereocenters. The summed E-state index contributed by atoms with van der Waals surface area (Å²) in [5.41, 5.74) is 2.09. The van der Waals surface area contributed by atoms with Gasteiger partial charge in [-0.15, -0.1) is 0 Å². The highest BCUT2D eigenvalue weighted by Crippen LogP contribution is 2.38. The van der Waals surface area contributed by atoms with Crippen molar-refractivity contribution < 1.29 is 19.5 Å². The molecule has 25 heavy (non-hydrogen) atoms. The first-order chi connectivity index (χ1) is 12.2. The van der Waals surface area contributed by atoms with Crippen LogP contribution in [-0.2, 0) is 6.54 Å². The molecule has 2 aromatic carbocycles. The molecule has 2 aliphatic rings. The van der Waals surface area contributed by atoms with E-state index in [0.717, 1.165) is 44.2 Å². The second kappa shape index (κ2) is 7.02. The summed E-state index contributed by atoms with van der Waals surface area (Å²) < 4.78 is 11.2. The van der Waals surface area contributed by atoms with Crippen LogP contribution >= 0.6 is 11.6 Å². The maximum absolute atomic E-state index is 10.0. The van der Waals surface area contributed by atoms with E-state index in [1.165, 1.54) is 10.5 Å². The molecule has 132 valence electrons. The van der Waals surface area contributed by atoms with Gasteiger partial charge in [0.1, 0.15) is 25.5 Å². The van der Waals surface area contributed by atoms with E-state index in [9.17, 15) is 5.11 Å². The Morgan fingerprint density at radius 2 is 1.84 bits per heavy atom. The second-order valence-electron chi connectivity index (χ2n) is 6.50. The Morgan fingerprint density at radius 1 is 1.08 bits per heavy atom. The summed E-state index contributed by atoms with van der Waals surface area (Å²) in [5.74, 6) is 1.77. The van der Waals surface area contributed by atoms with Gasteiger partial charge in [0.05, 0.1) is 36.9 Å². The number of aromatic hydroxyl groups is 1. The summed E-state index contributed by atoms with van der Waals surface area (Å²) in [7, 11) is 0. The number of phenols is 1. The topological polar surface area (TPSA) is 46.4 Å². The van der Waals surface area contributed by atoms with E-state index < -0.39 is 0 Å². The van der Waals surface area contributed by atoms with Crippen LogP contribution in [0.2, 0.25) is 5.02 Å². The SMILES string of the molecule is Oc1ccccc1N1CC[NH+](Cc2cc(Cl)c3c(c2)OCCO3)CC1. The van der Waals surface area contributed by atoms with Crippen LogP contribution in [0.15, 0.2) is 36.4 Å². The molecule has 2 N–H and O–H groups in total. The molecule has 2 aromatic rings. The Morgan fingerprint density at radius 3 is 2.64 bits per heavy atom. The zero-order chi connectivity index (χ0) is 17.2. The molecule has 2 aliphatic heterocycles. The normalized spacial score (nSPS) is 17.6. The number of phenolic OH excluding ortho intramolecular Hbond substituents is 1. The Labute approximate surface area is 152 Å². The molecular formula is C19H22ClN2O3+. The Bertz CT molecular complexity index is 760. The van der Waals surface area contributed by atoms with Crippen LogP contribution in [0.1, 0.15) is 5.56 Å². The van der Waals surface area contributed by atoms with Crippen LogP contribution in [0.4, 0.5) is 5.69 Å². The van der Waals surface area contributed by atoms with Crippen molar-refractivity contribution in [2.24, 2.45) is 0 Å². The highest BCUT2D eigenvalue weighted by atomic mass is 35.5. The smallest absolute Gasteiger partial charge is 0.179 e. The standard InChI is InChI=1S/C19H21ClN2O3/c20-15-11-14(12-18-19(15)25-10-9-24-18)13-21-5-7-22(8-6-21)16-3-1-2-4-17(16)23/h1-4,11-12,23H,5-10,13H2/p+1. The van der Waals surface area contributed by atoms with Crippen molar-refractivity contribution >= 4 is 17.3 Å². The van der Waals surface area contributed by atoms with E-state index in [4.69, 9.17) is 21.1 Å². The minimum Gasteiger partial charge on any atom is -0.506 e. The number of nitrogens with zero attached hydrogens (tertiary/aromatic N) is 1. The van der Waals surface area contributed by atoms with E-state index in [-0.39, 0.29) is 0 Å². The van der Waals surface area contributed by atoms with Crippen molar-refractivity contribution in [1.82, 2.24) is 0 Å². The quantitative estimate of drug-likeness (QED) is 0.874. The number of hydrogen-bond donors (Lipinski definition) is 2. The molecule has 2 heterocycles. The third-order valence-electron chi connectivity index (χ3n) is 4.80. The summed E-state index contributed by atoms with van der Waals surface area (Å²) >= 11 is 6.34. The lowest BCUT2D eigenvalue weighted by Gasteiger charge is -2.34. The van der Waals surface area contributed by atoms with Crippen molar-refractivity contribution in [2.45, 2.75) is 6.54 Å². The lowest BCUT2D eigenvalue weighted by molar-refractivity contribution is -0.914. The fourth-order valence-electron chi connectivity index (χ4n) is 3.53. The van der Waals surface area contributed by atoms with Gasteiger partial charge < -0.3 is 24.4 Å². The minimum absolute atomic E-state index is 0.351. The Kier molecular flexibility index (Phi) is 4.59. The van der Waals surface area contributed by atoms with Gasteiger partial charge in [0.2, 0.25) is 0 Å². The average Bonchev–Trinajstić information content (AvgIpc) is 2.63. The molecule has 5 nitrogen and oxygen atoms in total. The predicted molar refractivity (Wildman–Crippen MR) is 97.2 cm³/mol. The monoisotopic (exact) mass is 361 g/mol. The van der Waals surface area contributed by atoms with Gasteiger partial charge in [-0.2, -0.15) is 0 Å². The number of anilines is 1. The van der Waals surface area contributed by atoms with E-state index in [1.54, 1.807) is 6.07 Å². The van der Waals surface area contributed by atoms with Crippen molar-refractivity contribution in [1.29, 1.82) is 0 Å². The van der Waals surface area contributed by atoms with Crippen LogP contribution in [0.25, 0.3) is 0 Å². The van der Waals surface area contributed by atoms with Crippen molar-refractivity contribution in [3.05, 3.63) is 47.0 Å². The number of para-hydroxylation sites is 2. The van der Waals surface area contributed by atoms with Crippen molar-refractivity contribution in [3.8, 4) is 17.2 Å². The summed E-state index contributed by atoms with van der Waals surface area (Å²) in [6, 6.07) is 11.6. The number of fused-ring (bicyclic) bond motifs is 1. The molecule has 1 fully saturated rings. The van der Waals surface area contributed by atoms with Crippen LogP contribution in [0.3, 0.4) is 0 Å². The summed E-state index contributed by atoms with van der Waals surface area (Å²) in [5, 5.41) is 10.6. The summed E-state index contributed by atoms with van der Waals surface area (Å²) in [6.07, 6.45) is 0. The third-order valence-corrected chi connectivity index (χ3v) is 5.08. The number of halogens is 1.